The monoisotopic (exact) mass is 288 g/mol. The Balaban J connectivity index is 2.31. The molecule has 0 bridgehead atoms. The van der Waals surface area contributed by atoms with E-state index in [0.717, 1.165) is 0 Å². The Labute approximate surface area is 110 Å². The van der Waals surface area contributed by atoms with Gasteiger partial charge in [-0.05, 0) is 20.3 Å². The number of nitrogens with zero attached hydrogens (tertiary/aromatic N) is 3. The summed E-state index contributed by atoms with van der Waals surface area (Å²) in [5.74, 6) is 0.433. The second kappa shape index (κ2) is 4.80. The van der Waals surface area contributed by atoms with Gasteiger partial charge in [0.05, 0.1) is 16.4 Å². The molecule has 1 aliphatic heterocycles. The molecule has 0 saturated carbocycles. The zero-order valence-electron chi connectivity index (χ0n) is 10.8. The maximum atomic E-state index is 11.4. The van der Waals surface area contributed by atoms with E-state index in [9.17, 15) is 18.5 Å². The van der Waals surface area contributed by atoms with Crippen LogP contribution in [0, 0.1) is 17.0 Å². The van der Waals surface area contributed by atoms with Gasteiger partial charge in [0, 0.05) is 12.6 Å². The quantitative estimate of drug-likeness (QED) is 0.646. The molecular weight excluding hydrogens is 272 g/mol. The molecule has 1 atom stereocenters. The SMILES string of the molecule is CCn1nc(C)c([N+](=O)[O-])c1NC1CCS(=O)(=O)C1. The molecule has 1 saturated heterocycles. The highest BCUT2D eigenvalue weighted by Gasteiger charge is 2.32. The molecule has 0 aromatic carbocycles. The van der Waals surface area contributed by atoms with Crippen LogP contribution in [0.15, 0.2) is 0 Å². The van der Waals surface area contributed by atoms with Gasteiger partial charge in [0.15, 0.2) is 9.84 Å². The fourth-order valence-corrected chi connectivity index (χ4v) is 3.94. The van der Waals surface area contributed by atoms with Crippen molar-refractivity contribution in [2.24, 2.45) is 0 Å². The van der Waals surface area contributed by atoms with E-state index in [1.54, 1.807) is 6.92 Å². The fourth-order valence-electron chi connectivity index (χ4n) is 2.26. The van der Waals surface area contributed by atoms with Gasteiger partial charge < -0.3 is 5.32 Å². The number of hydrogen-bond donors (Lipinski definition) is 1. The highest BCUT2D eigenvalue weighted by molar-refractivity contribution is 7.91. The zero-order valence-corrected chi connectivity index (χ0v) is 11.6. The number of aromatic nitrogens is 2. The lowest BCUT2D eigenvalue weighted by Gasteiger charge is -2.12. The molecule has 2 heterocycles. The van der Waals surface area contributed by atoms with Crippen LogP contribution < -0.4 is 5.32 Å². The molecule has 0 amide bonds. The van der Waals surface area contributed by atoms with Crippen molar-refractivity contribution in [3.8, 4) is 0 Å². The van der Waals surface area contributed by atoms with Crippen LogP contribution in [0.25, 0.3) is 0 Å². The average molecular weight is 288 g/mol. The van der Waals surface area contributed by atoms with Crippen LogP contribution in [0.1, 0.15) is 19.0 Å². The predicted molar refractivity (Wildman–Crippen MR) is 70.0 cm³/mol. The molecule has 8 nitrogen and oxygen atoms in total. The van der Waals surface area contributed by atoms with Gasteiger partial charge in [-0.2, -0.15) is 5.10 Å². The Morgan fingerprint density at radius 1 is 1.58 bits per heavy atom. The Morgan fingerprint density at radius 3 is 2.74 bits per heavy atom. The number of hydrogen-bond acceptors (Lipinski definition) is 6. The van der Waals surface area contributed by atoms with Crippen molar-refractivity contribution in [2.45, 2.75) is 32.9 Å². The third-order valence-electron chi connectivity index (χ3n) is 3.15. The molecule has 1 fully saturated rings. The lowest BCUT2D eigenvalue weighted by molar-refractivity contribution is -0.384. The third-order valence-corrected chi connectivity index (χ3v) is 4.92. The smallest absolute Gasteiger partial charge is 0.333 e. The first-order chi connectivity index (χ1) is 8.84. The van der Waals surface area contributed by atoms with Gasteiger partial charge in [-0.3, -0.25) is 10.1 Å². The summed E-state index contributed by atoms with van der Waals surface area (Å²) in [7, 11) is -3.02. The minimum Gasteiger partial charge on any atom is -0.361 e. The van der Waals surface area contributed by atoms with Crippen molar-refractivity contribution >= 4 is 21.3 Å². The van der Waals surface area contributed by atoms with Crippen LogP contribution in [-0.2, 0) is 16.4 Å². The van der Waals surface area contributed by atoms with Crippen LogP contribution in [-0.4, -0.2) is 40.7 Å². The lowest BCUT2D eigenvalue weighted by Crippen LogP contribution is -2.23. The van der Waals surface area contributed by atoms with Gasteiger partial charge in [-0.15, -0.1) is 0 Å². The van der Waals surface area contributed by atoms with Crippen LogP contribution in [0.4, 0.5) is 11.5 Å². The van der Waals surface area contributed by atoms with E-state index >= 15 is 0 Å². The van der Waals surface area contributed by atoms with E-state index in [0.29, 0.717) is 24.5 Å². The van der Waals surface area contributed by atoms with Crippen LogP contribution in [0.5, 0.6) is 0 Å². The summed E-state index contributed by atoms with van der Waals surface area (Å²) in [5, 5.41) is 18.1. The Morgan fingerprint density at radius 2 is 2.26 bits per heavy atom. The molecular formula is C10H16N4O4S. The first-order valence-electron chi connectivity index (χ1n) is 6.03. The maximum absolute atomic E-state index is 11.4. The number of aryl methyl sites for hydroxylation is 2. The molecule has 0 spiro atoms. The molecule has 106 valence electrons. The highest BCUT2D eigenvalue weighted by atomic mass is 32.2. The Kier molecular flexibility index (Phi) is 3.48. The molecule has 1 aliphatic rings. The van der Waals surface area contributed by atoms with Crippen molar-refractivity contribution in [3.05, 3.63) is 15.8 Å². The van der Waals surface area contributed by atoms with Gasteiger partial charge in [0.1, 0.15) is 5.69 Å². The minimum atomic E-state index is -3.02. The third kappa shape index (κ3) is 2.70. The second-order valence-electron chi connectivity index (χ2n) is 4.60. The normalized spacial score (nSPS) is 21.5. The molecule has 0 radical (unpaired) electrons. The molecule has 9 heteroatoms. The minimum absolute atomic E-state index is 0.0120. The summed E-state index contributed by atoms with van der Waals surface area (Å²) in [5.41, 5.74) is 0.251. The summed E-state index contributed by atoms with van der Waals surface area (Å²) in [6, 6.07) is -0.287. The standard InChI is InChI=1S/C10H16N4O4S/c1-3-13-10(9(14(15)16)7(2)12-13)11-8-4-5-19(17,18)6-8/h8,11H,3-6H2,1-2H3. The van der Waals surface area contributed by atoms with E-state index < -0.39 is 14.8 Å². The average Bonchev–Trinajstić information content (AvgIpc) is 2.79. The predicted octanol–water partition coefficient (Wildman–Crippen LogP) is 0.719. The summed E-state index contributed by atoms with van der Waals surface area (Å²) < 4.78 is 24.3. The van der Waals surface area contributed by atoms with E-state index in [1.807, 2.05) is 6.92 Å². The van der Waals surface area contributed by atoms with Crippen molar-refractivity contribution in [1.29, 1.82) is 0 Å². The lowest BCUT2D eigenvalue weighted by atomic mass is 10.2. The van der Waals surface area contributed by atoms with Crippen LogP contribution in [0.3, 0.4) is 0 Å². The van der Waals surface area contributed by atoms with Crippen LogP contribution in [0.2, 0.25) is 0 Å². The maximum Gasteiger partial charge on any atom is 0.333 e. The number of rotatable bonds is 4. The highest BCUT2D eigenvalue weighted by Crippen LogP contribution is 2.30. The van der Waals surface area contributed by atoms with Gasteiger partial charge in [-0.25, -0.2) is 13.1 Å². The molecule has 1 aromatic heterocycles. The van der Waals surface area contributed by atoms with Gasteiger partial charge >= 0.3 is 5.69 Å². The molecule has 0 aliphatic carbocycles. The molecule has 1 aromatic rings. The molecule has 19 heavy (non-hydrogen) atoms. The summed E-state index contributed by atoms with van der Waals surface area (Å²) in [4.78, 5) is 10.6. The second-order valence-corrected chi connectivity index (χ2v) is 6.83. The topological polar surface area (TPSA) is 107 Å². The number of nitrogens with one attached hydrogen (secondary N) is 1. The first kappa shape index (κ1) is 13.8. The summed E-state index contributed by atoms with van der Waals surface area (Å²) in [6.45, 7) is 3.88. The molecule has 2 rings (SSSR count). The summed E-state index contributed by atoms with van der Waals surface area (Å²) >= 11 is 0. The van der Waals surface area contributed by atoms with Gasteiger partial charge in [0.25, 0.3) is 0 Å². The van der Waals surface area contributed by atoms with Gasteiger partial charge in [-0.1, -0.05) is 0 Å². The Hall–Kier alpha value is -1.64. The van der Waals surface area contributed by atoms with E-state index in [4.69, 9.17) is 0 Å². The molecule has 1 unspecified atom stereocenters. The van der Waals surface area contributed by atoms with Crippen molar-refractivity contribution in [3.63, 3.8) is 0 Å². The van der Waals surface area contributed by atoms with E-state index in [-0.39, 0.29) is 23.2 Å². The zero-order chi connectivity index (χ0) is 14.2. The fraction of sp³-hybridized carbons (Fsp3) is 0.700. The Bertz CT molecular complexity index is 607. The largest absolute Gasteiger partial charge is 0.361 e. The van der Waals surface area contributed by atoms with Crippen molar-refractivity contribution in [2.75, 3.05) is 16.8 Å². The number of nitro groups is 1. The van der Waals surface area contributed by atoms with E-state index in [2.05, 4.69) is 10.4 Å². The van der Waals surface area contributed by atoms with Crippen molar-refractivity contribution < 1.29 is 13.3 Å². The first-order valence-corrected chi connectivity index (χ1v) is 7.85. The summed E-state index contributed by atoms with van der Waals surface area (Å²) in [6.07, 6.45) is 0.466. The van der Waals surface area contributed by atoms with Crippen molar-refractivity contribution in [1.82, 2.24) is 9.78 Å². The number of sulfone groups is 1. The van der Waals surface area contributed by atoms with E-state index in [1.165, 1.54) is 4.68 Å². The van der Waals surface area contributed by atoms with Crippen LogP contribution >= 0.6 is 0 Å². The molecule has 1 N–H and O–H groups in total. The number of anilines is 1. The van der Waals surface area contributed by atoms with Gasteiger partial charge in [0.2, 0.25) is 5.82 Å².